The van der Waals surface area contributed by atoms with E-state index in [4.69, 9.17) is 16.3 Å². The third kappa shape index (κ3) is 8.18. The first-order valence-electron chi connectivity index (χ1n) is 14.3. The Morgan fingerprint density at radius 1 is 0.841 bits per heavy atom. The molecule has 1 atom stereocenters. The predicted molar refractivity (Wildman–Crippen MR) is 173 cm³/mol. The smallest absolute Gasteiger partial charge is 0.264 e. The Morgan fingerprint density at radius 3 is 2.09 bits per heavy atom. The van der Waals surface area contributed by atoms with Crippen molar-refractivity contribution in [3.8, 4) is 5.75 Å². The van der Waals surface area contributed by atoms with Crippen molar-refractivity contribution >= 4 is 39.1 Å². The van der Waals surface area contributed by atoms with Crippen molar-refractivity contribution in [3.63, 3.8) is 0 Å². The number of nitrogens with zero attached hydrogens (tertiary/aromatic N) is 2. The molecule has 8 nitrogen and oxygen atoms in total. The van der Waals surface area contributed by atoms with Gasteiger partial charge in [0.15, 0.2) is 0 Å². The molecule has 44 heavy (non-hydrogen) atoms. The van der Waals surface area contributed by atoms with Crippen molar-refractivity contribution in [2.75, 3.05) is 24.5 Å². The number of hydrogen-bond acceptors (Lipinski definition) is 5. The molecule has 0 aliphatic rings. The molecule has 0 spiro atoms. The number of nitrogens with one attached hydrogen (secondary N) is 1. The minimum atomic E-state index is -4.22. The summed E-state index contributed by atoms with van der Waals surface area (Å²) in [5, 5.41) is 3.47. The second kappa shape index (κ2) is 15.4. The number of ether oxygens (including phenoxy) is 1. The van der Waals surface area contributed by atoms with Gasteiger partial charge in [-0.25, -0.2) is 8.42 Å². The largest absolute Gasteiger partial charge is 0.495 e. The molecular formula is C34H36ClN3O5S. The van der Waals surface area contributed by atoms with Crippen molar-refractivity contribution in [2.45, 2.75) is 37.2 Å². The van der Waals surface area contributed by atoms with Gasteiger partial charge in [-0.05, 0) is 53.9 Å². The van der Waals surface area contributed by atoms with E-state index in [9.17, 15) is 18.0 Å². The molecule has 1 N–H and O–H groups in total. The van der Waals surface area contributed by atoms with Gasteiger partial charge in [-0.1, -0.05) is 91.3 Å². The normalized spacial score (nSPS) is 11.8. The summed E-state index contributed by atoms with van der Waals surface area (Å²) in [6.07, 6.45) is 0.946. The van der Waals surface area contributed by atoms with Crippen LogP contribution in [0.15, 0.2) is 114 Å². The fourth-order valence-corrected chi connectivity index (χ4v) is 6.35. The molecule has 0 saturated heterocycles. The Bertz CT molecular complexity index is 1630. The van der Waals surface area contributed by atoms with Crippen molar-refractivity contribution in [3.05, 3.63) is 125 Å². The van der Waals surface area contributed by atoms with E-state index in [2.05, 4.69) is 5.32 Å². The lowest BCUT2D eigenvalue weighted by Crippen LogP contribution is -2.53. The molecule has 2 amide bonds. The molecule has 0 bridgehead atoms. The molecular weight excluding hydrogens is 598 g/mol. The molecule has 4 aromatic rings. The van der Waals surface area contributed by atoms with Crippen LogP contribution >= 0.6 is 11.6 Å². The van der Waals surface area contributed by atoms with Crippen molar-refractivity contribution in [1.29, 1.82) is 0 Å². The number of hydrogen-bond donors (Lipinski definition) is 1. The topological polar surface area (TPSA) is 96.0 Å². The van der Waals surface area contributed by atoms with Gasteiger partial charge in [-0.2, -0.15) is 0 Å². The molecule has 4 rings (SSSR count). The van der Waals surface area contributed by atoms with E-state index >= 15 is 0 Å². The van der Waals surface area contributed by atoms with Gasteiger partial charge in [0.2, 0.25) is 11.8 Å². The summed E-state index contributed by atoms with van der Waals surface area (Å²) in [5.74, 6) is -0.601. The molecule has 0 aliphatic heterocycles. The standard InChI is InChI=1S/C34H36ClN3O5S/c1-3-22-36-34(40)31(23-26-12-6-4-7-13-26)37(24-27-18-20-28(35)21-19-27)33(39)25-38(30-16-10-11-17-32(30)43-2)44(41,42)29-14-8-5-9-15-29/h4-21,31H,3,22-25H2,1-2H3,(H,36,40)/t31-/m1/s1. The monoisotopic (exact) mass is 633 g/mol. The highest BCUT2D eigenvalue weighted by molar-refractivity contribution is 7.92. The quantitative estimate of drug-likeness (QED) is 0.192. The number of halogens is 1. The summed E-state index contributed by atoms with van der Waals surface area (Å²) >= 11 is 6.13. The zero-order valence-electron chi connectivity index (χ0n) is 24.7. The maximum atomic E-state index is 14.5. The Morgan fingerprint density at radius 2 is 1.45 bits per heavy atom. The van der Waals surface area contributed by atoms with Crippen molar-refractivity contribution in [2.24, 2.45) is 0 Å². The second-order valence-electron chi connectivity index (χ2n) is 10.1. The first-order chi connectivity index (χ1) is 21.2. The number of sulfonamides is 1. The molecule has 0 saturated carbocycles. The number of rotatable bonds is 14. The van der Waals surface area contributed by atoms with Gasteiger partial charge in [-0.3, -0.25) is 13.9 Å². The van der Waals surface area contributed by atoms with Gasteiger partial charge in [0.1, 0.15) is 18.3 Å². The first kappa shape index (κ1) is 32.6. The number of methoxy groups -OCH3 is 1. The van der Waals surface area contributed by atoms with Crippen LogP contribution in [0.4, 0.5) is 5.69 Å². The average molecular weight is 634 g/mol. The van der Waals surface area contributed by atoms with E-state index in [0.717, 1.165) is 15.4 Å². The van der Waals surface area contributed by atoms with Crippen LogP contribution in [0.25, 0.3) is 0 Å². The third-order valence-corrected chi connectivity index (χ3v) is 9.08. The fourth-order valence-electron chi connectivity index (χ4n) is 4.78. The minimum Gasteiger partial charge on any atom is -0.495 e. The van der Waals surface area contributed by atoms with Crippen LogP contribution in [0, 0.1) is 0 Å². The molecule has 0 unspecified atom stereocenters. The average Bonchev–Trinajstić information content (AvgIpc) is 3.05. The first-order valence-corrected chi connectivity index (χ1v) is 16.1. The van der Waals surface area contributed by atoms with Crippen LogP contribution in [0.1, 0.15) is 24.5 Å². The Labute approximate surface area is 264 Å². The zero-order valence-corrected chi connectivity index (χ0v) is 26.3. The Kier molecular flexibility index (Phi) is 11.4. The van der Waals surface area contributed by atoms with Gasteiger partial charge >= 0.3 is 0 Å². The number of anilines is 1. The number of amides is 2. The number of para-hydroxylation sites is 2. The van der Waals surface area contributed by atoms with Crippen LogP contribution in [0.3, 0.4) is 0 Å². The minimum absolute atomic E-state index is 0.0180. The van der Waals surface area contributed by atoms with Gasteiger partial charge in [0.05, 0.1) is 17.7 Å². The summed E-state index contributed by atoms with van der Waals surface area (Å²) in [7, 11) is -2.79. The summed E-state index contributed by atoms with van der Waals surface area (Å²) in [4.78, 5) is 29.6. The molecule has 0 aliphatic carbocycles. The summed E-state index contributed by atoms with van der Waals surface area (Å²) in [5.41, 5.74) is 1.80. The highest BCUT2D eigenvalue weighted by Crippen LogP contribution is 2.32. The van der Waals surface area contributed by atoms with Crippen molar-refractivity contribution < 1.29 is 22.7 Å². The molecule has 4 aromatic carbocycles. The molecule has 230 valence electrons. The van der Waals surface area contributed by atoms with E-state index in [0.29, 0.717) is 18.0 Å². The molecule has 0 fully saturated rings. The van der Waals surface area contributed by atoms with Gasteiger partial charge in [0.25, 0.3) is 10.0 Å². The number of carbonyl (C=O) groups excluding carboxylic acids is 2. The van der Waals surface area contributed by atoms with E-state index in [-0.39, 0.29) is 35.2 Å². The second-order valence-corrected chi connectivity index (χ2v) is 12.4. The van der Waals surface area contributed by atoms with E-state index in [1.54, 1.807) is 66.7 Å². The Hall–Kier alpha value is -4.34. The lowest BCUT2D eigenvalue weighted by Gasteiger charge is -2.34. The third-order valence-electron chi connectivity index (χ3n) is 7.05. The summed E-state index contributed by atoms with van der Waals surface area (Å²) < 4.78 is 34.7. The summed E-state index contributed by atoms with van der Waals surface area (Å²) in [6, 6.07) is 30.0. The van der Waals surface area contributed by atoms with Gasteiger partial charge in [0, 0.05) is 24.5 Å². The van der Waals surface area contributed by atoms with Crippen LogP contribution < -0.4 is 14.4 Å². The number of carbonyl (C=O) groups is 2. The van der Waals surface area contributed by atoms with Gasteiger partial charge < -0.3 is 15.0 Å². The Balaban J connectivity index is 1.81. The molecule has 0 heterocycles. The highest BCUT2D eigenvalue weighted by Gasteiger charge is 2.35. The molecule has 0 aromatic heterocycles. The van der Waals surface area contributed by atoms with Gasteiger partial charge in [-0.15, -0.1) is 0 Å². The van der Waals surface area contributed by atoms with E-state index < -0.39 is 28.5 Å². The highest BCUT2D eigenvalue weighted by atomic mass is 35.5. The maximum absolute atomic E-state index is 14.5. The summed E-state index contributed by atoms with van der Waals surface area (Å²) in [6.45, 7) is 1.86. The lowest BCUT2D eigenvalue weighted by atomic mass is 10.0. The van der Waals surface area contributed by atoms with Crippen LogP contribution in [0.5, 0.6) is 5.75 Å². The lowest BCUT2D eigenvalue weighted by molar-refractivity contribution is -0.140. The number of benzene rings is 4. The van der Waals surface area contributed by atoms with Crippen molar-refractivity contribution in [1.82, 2.24) is 10.2 Å². The van der Waals surface area contributed by atoms with E-state index in [1.807, 2.05) is 37.3 Å². The van der Waals surface area contributed by atoms with Crippen LogP contribution in [-0.2, 0) is 32.6 Å². The van der Waals surface area contributed by atoms with E-state index in [1.165, 1.54) is 24.1 Å². The fraction of sp³-hybridized carbons (Fsp3) is 0.235. The molecule has 10 heteroatoms. The molecule has 0 radical (unpaired) electrons. The van der Waals surface area contributed by atoms with Crippen LogP contribution in [-0.4, -0.2) is 51.4 Å². The maximum Gasteiger partial charge on any atom is 0.264 e. The SMILES string of the molecule is CCCNC(=O)[C@@H](Cc1ccccc1)N(Cc1ccc(Cl)cc1)C(=O)CN(c1ccccc1OC)S(=O)(=O)c1ccccc1. The predicted octanol–water partition coefficient (Wildman–Crippen LogP) is 5.71. The zero-order chi connectivity index (χ0) is 31.5. The van der Waals surface area contributed by atoms with Crippen LogP contribution in [0.2, 0.25) is 5.02 Å².